The Morgan fingerprint density at radius 1 is 1.32 bits per heavy atom. The van der Waals surface area contributed by atoms with Crippen molar-refractivity contribution in [2.24, 2.45) is 0 Å². The standard InChI is InChI=1S/C11H7ClF2N2O3/c12-11-2-1-6(19-11)5-15-9-4-10(16(17)18)8(14)3-7(9)13/h1-4,15H,5H2. The lowest BCUT2D eigenvalue weighted by Gasteiger charge is -2.06. The van der Waals surface area contributed by atoms with Crippen molar-refractivity contribution >= 4 is 23.0 Å². The van der Waals surface area contributed by atoms with Crippen LogP contribution in [-0.2, 0) is 6.54 Å². The van der Waals surface area contributed by atoms with Crippen molar-refractivity contribution in [1.82, 2.24) is 0 Å². The topological polar surface area (TPSA) is 68.3 Å². The number of halogens is 3. The van der Waals surface area contributed by atoms with Gasteiger partial charge in [-0.2, -0.15) is 4.39 Å². The predicted molar refractivity (Wildman–Crippen MR) is 64.1 cm³/mol. The first-order valence-corrected chi connectivity index (χ1v) is 5.46. The first-order chi connectivity index (χ1) is 8.97. The van der Waals surface area contributed by atoms with Crippen molar-refractivity contribution in [3.05, 3.63) is 57.0 Å². The molecule has 1 N–H and O–H groups in total. The molecular weight excluding hydrogens is 282 g/mol. The lowest BCUT2D eigenvalue weighted by Crippen LogP contribution is -2.03. The summed E-state index contributed by atoms with van der Waals surface area (Å²) in [6.07, 6.45) is 0. The number of nitrogens with zero attached hydrogens (tertiary/aromatic N) is 1. The molecular formula is C11H7ClF2N2O3. The van der Waals surface area contributed by atoms with Crippen LogP contribution in [0.4, 0.5) is 20.2 Å². The molecule has 2 aromatic rings. The van der Waals surface area contributed by atoms with Crippen molar-refractivity contribution in [2.75, 3.05) is 5.32 Å². The van der Waals surface area contributed by atoms with E-state index >= 15 is 0 Å². The molecule has 0 aliphatic rings. The maximum Gasteiger partial charge on any atom is 0.307 e. The van der Waals surface area contributed by atoms with Crippen LogP contribution in [0.5, 0.6) is 0 Å². The predicted octanol–water partition coefficient (Wildman–Crippen LogP) is 3.73. The lowest BCUT2D eigenvalue weighted by atomic mass is 10.2. The molecule has 1 aromatic heterocycles. The second-order valence-electron chi connectivity index (χ2n) is 3.60. The summed E-state index contributed by atoms with van der Waals surface area (Å²) in [5, 5.41) is 13.3. The monoisotopic (exact) mass is 288 g/mol. The Morgan fingerprint density at radius 2 is 2.05 bits per heavy atom. The number of nitrogens with one attached hydrogen (secondary N) is 1. The highest BCUT2D eigenvalue weighted by Gasteiger charge is 2.18. The number of furan rings is 1. The largest absolute Gasteiger partial charge is 0.448 e. The Bertz CT molecular complexity index is 630. The fraction of sp³-hybridized carbons (Fsp3) is 0.0909. The normalized spacial score (nSPS) is 10.5. The number of nitro groups is 1. The molecule has 0 spiro atoms. The first kappa shape index (κ1) is 13.3. The van der Waals surface area contributed by atoms with E-state index in [1.165, 1.54) is 6.07 Å². The summed E-state index contributed by atoms with van der Waals surface area (Å²) in [7, 11) is 0. The summed E-state index contributed by atoms with van der Waals surface area (Å²) in [6.45, 7) is 0.0619. The van der Waals surface area contributed by atoms with Gasteiger partial charge in [0.15, 0.2) is 5.22 Å². The van der Waals surface area contributed by atoms with E-state index in [2.05, 4.69) is 5.32 Å². The fourth-order valence-corrected chi connectivity index (χ4v) is 1.60. The molecule has 0 unspecified atom stereocenters. The molecule has 0 radical (unpaired) electrons. The molecule has 100 valence electrons. The Hall–Kier alpha value is -2.15. The second-order valence-corrected chi connectivity index (χ2v) is 3.97. The van der Waals surface area contributed by atoms with E-state index in [1.807, 2.05) is 0 Å². The van der Waals surface area contributed by atoms with Crippen LogP contribution >= 0.6 is 11.6 Å². The highest BCUT2D eigenvalue weighted by atomic mass is 35.5. The Kier molecular flexibility index (Phi) is 3.66. The van der Waals surface area contributed by atoms with Crippen molar-refractivity contribution in [3.8, 4) is 0 Å². The van der Waals surface area contributed by atoms with Gasteiger partial charge >= 0.3 is 5.69 Å². The molecule has 1 heterocycles. The molecule has 0 bridgehead atoms. The van der Waals surface area contributed by atoms with Crippen LogP contribution in [0.3, 0.4) is 0 Å². The van der Waals surface area contributed by atoms with Crippen LogP contribution in [-0.4, -0.2) is 4.92 Å². The maximum atomic E-state index is 13.4. The van der Waals surface area contributed by atoms with Crippen LogP contribution in [0.2, 0.25) is 5.22 Å². The van der Waals surface area contributed by atoms with Crippen molar-refractivity contribution in [2.45, 2.75) is 6.54 Å². The quantitative estimate of drug-likeness (QED) is 0.687. The van der Waals surface area contributed by atoms with Gasteiger partial charge in [-0.1, -0.05) is 0 Å². The Balaban J connectivity index is 2.20. The summed E-state index contributed by atoms with van der Waals surface area (Å²) in [5.41, 5.74) is -0.998. The summed E-state index contributed by atoms with van der Waals surface area (Å²) in [4.78, 5) is 9.62. The van der Waals surface area contributed by atoms with E-state index in [0.717, 1.165) is 6.07 Å². The number of nitro benzene ring substituents is 1. The molecule has 0 fully saturated rings. The molecule has 0 aliphatic carbocycles. The molecule has 0 saturated carbocycles. The van der Waals surface area contributed by atoms with Gasteiger partial charge in [-0.3, -0.25) is 10.1 Å². The first-order valence-electron chi connectivity index (χ1n) is 5.09. The van der Waals surface area contributed by atoms with Gasteiger partial charge in [0.2, 0.25) is 5.82 Å². The van der Waals surface area contributed by atoms with Gasteiger partial charge in [0, 0.05) is 12.1 Å². The van der Waals surface area contributed by atoms with Crippen LogP contribution in [0, 0.1) is 21.7 Å². The van der Waals surface area contributed by atoms with Crippen molar-refractivity contribution in [3.63, 3.8) is 0 Å². The third kappa shape index (κ3) is 3.00. The van der Waals surface area contributed by atoms with Gasteiger partial charge in [-0.15, -0.1) is 0 Å². The lowest BCUT2D eigenvalue weighted by molar-refractivity contribution is -0.387. The van der Waals surface area contributed by atoms with E-state index in [1.54, 1.807) is 6.07 Å². The molecule has 0 aliphatic heterocycles. The van der Waals surface area contributed by atoms with E-state index in [4.69, 9.17) is 16.0 Å². The molecule has 2 rings (SSSR count). The highest BCUT2D eigenvalue weighted by molar-refractivity contribution is 6.28. The smallest absolute Gasteiger partial charge is 0.307 e. The summed E-state index contributed by atoms with van der Waals surface area (Å²) in [6, 6.07) is 4.30. The molecule has 5 nitrogen and oxygen atoms in total. The van der Waals surface area contributed by atoms with Gasteiger partial charge in [0.25, 0.3) is 0 Å². The molecule has 8 heteroatoms. The number of anilines is 1. The molecule has 0 atom stereocenters. The average Bonchev–Trinajstić information content (AvgIpc) is 2.73. The van der Waals surface area contributed by atoms with Crippen LogP contribution in [0.25, 0.3) is 0 Å². The van der Waals surface area contributed by atoms with Crippen molar-refractivity contribution in [1.29, 1.82) is 0 Å². The Morgan fingerprint density at radius 3 is 2.63 bits per heavy atom. The zero-order chi connectivity index (χ0) is 14.0. The van der Waals surface area contributed by atoms with Gasteiger partial charge in [-0.25, -0.2) is 4.39 Å². The van der Waals surface area contributed by atoms with Crippen molar-refractivity contribution < 1.29 is 18.1 Å². The summed E-state index contributed by atoms with van der Waals surface area (Å²) in [5.74, 6) is -1.74. The van der Waals surface area contributed by atoms with E-state index in [9.17, 15) is 18.9 Å². The minimum Gasteiger partial charge on any atom is -0.448 e. The zero-order valence-electron chi connectivity index (χ0n) is 9.32. The summed E-state index contributed by atoms with van der Waals surface area (Å²) < 4.78 is 31.5. The van der Waals surface area contributed by atoms with E-state index in [0.29, 0.717) is 11.8 Å². The minimum absolute atomic E-state index is 0.0619. The van der Waals surface area contributed by atoms with E-state index < -0.39 is 22.2 Å². The van der Waals surface area contributed by atoms with E-state index in [-0.39, 0.29) is 17.5 Å². The van der Waals surface area contributed by atoms with Gasteiger partial charge in [0.1, 0.15) is 11.6 Å². The average molecular weight is 289 g/mol. The molecule has 0 amide bonds. The molecule has 0 saturated heterocycles. The van der Waals surface area contributed by atoms with Gasteiger partial charge in [-0.05, 0) is 23.7 Å². The molecule has 19 heavy (non-hydrogen) atoms. The highest BCUT2D eigenvalue weighted by Crippen LogP contribution is 2.25. The maximum absolute atomic E-state index is 13.4. The van der Waals surface area contributed by atoms with Gasteiger partial charge in [0.05, 0.1) is 17.2 Å². The zero-order valence-corrected chi connectivity index (χ0v) is 10.1. The number of hydrogen-bond donors (Lipinski definition) is 1. The SMILES string of the molecule is O=[N+]([O-])c1cc(NCc2ccc(Cl)o2)c(F)cc1F. The third-order valence-electron chi connectivity index (χ3n) is 2.32. The second kappa shape index (κ2) is 5.23. The van der Waals surface area contributed by atoms with Gasteiger partial charge < -0.3 is 9.73 Å². The minimum atomic E-state index is -1.23. The number of rotatable bonds is 4. The number of benzene rings is 1. The Labute approximate surface area is 110 Å². The molecule has 1 aromatic carbocycles. The third-order valence-corrected chi connectivity index (χ3v) is 2.52. The fourth-order valence-electron chi connectivity index (χ4n) is 1.44. The van der Waals surface area contributed by atoms with Crippen LogP contribution in [0.15, 0.2) is 28.7 Å². The van der Waals surface area contributed by atoms with Crippen LogP contribution < -0.4 is 5.32 Å². The van der Waals surface area contributed by atoms with Crippen LogP contribution in [0.1, 0.15) is 5.76 Å². The number of hydrogen-bond acceptors (Lipinski definition) is 4. The summed E-state index contributed by atoms with van der Waals surface area (Å²) >= 11 is 5.55.